The number of nitrogens with zero attached hydrogens (tertiary/aromatic N) is 1. The number of benzene rings is 1. The first kappa shape index (κ1) is 10.8. The number of aromatic nitrogens is 1. The van der Waals surface area contributed by atoms with Gasteiger partial charge in [0.1, 0.15) is 0 Å². The van der Waals surface area contributed by atoms with Crippen LogP contribution in [0.5, 0.6) is 0 Å². The van der Waals surface area contributed by atoms with Crippen LogP contribution in [0.15, 0.2) is 48.7 Å². The zero-order valence-electron chi connectivity index (χ0n) is 9.43. The fourth-order valence-electron chi connectivity index (χ4n) is 1.68. The summed E-state index contributed by atoms with van der Waals surface area (Å²) in [5, 5.41) is 0. The summed E-state index contributed by atoms with van der Waals surface area (Å²) in [6.07, 6.45) is 2.61. The molecule has 0 saturated carbocycles. The Morgan fingerprint density at radius 3 is 2.50 bits per heavy atom. The Morgan fingerprint density at radius 1 is 1.12 bits per heavy atom. The topological polar surface area (TPSA) is 38.9 Å². The van der Waals surface area contributed by atoms with Gasteiger partial charge in [0.05, 0.1) is 11.7 Å². The highest BCUT2D eigenvalue weighted by Gasteiger charge is 2.07. The van der Waals surface area contributed by atoms with Crippen LogP contribution in [0.4, 0.5) is 0 Å². The molecule has 0 aliphatic heterocycles. The van der Waals surface area contributed by atoms with Crippen LogP contribution in [0.1, 0.15) is 22.9 Å². The average molecular weight is 212 g/mol. The van der Waals surface area contributed by atoms with Gasteiger partial charge in [0.15, 0.2) is 0 Å². The zero-order valence-corrected chi connectivity index (χ0v) is 9.43. The highest BCUT2D eigenvalue weighted by atomic mass is 14.8. The molecule has 0 bridgehead atoms. The molecule has 1 aromatic carbocycles. The number of hydrogen-bond donors (Lipinski definition) is 1. The Labute approximate surface area is 96.1 Å². The summed E-state index contributed by atoms with van der Waals surface area (Å²) in [5.74, 6) is 0. The van der Waals surface area contributed by atoms with Crippen molar-refractivity contribution in [3.63, 3.8) is 0 Å². The summed E-state index contributed by atoms with van der Waals surface area (Å²) in [7, 11) is 0. The van der Waals surface area contributed by atoms with Gasteiger partial charge in [-0.05, 0) is 31.0 Å². The minimum atomic E-state index is -0.0242. The van der Waals surface area contributed by atoms with Crippen molar-refractivity contribution >= 4 is 0 Å². The number of nitrogens with two attached hydrogens (primary N) is 1. The van der Waals surface area contributed by atoms with Crippen molar-refractivity contribution in [1.29, 1.82) is 0 Å². The minimum absolute atomic E-state index is 0.0242. The summed E-state index contributed by atoms with van der Waals surface area (Å²) >= 11 is 0. The van der Waals surface area contributed by atoms with Gasteiger partial charge in [-0.15, -0.1) is 0 Å². The molecule has 16 heavy (non-hydrogen) atoms. The molecule has 2 nitrogen and oxygen atoms in total. The van der Waals surface area contributed by atoms with Gasteiger partial charge >= 0.3 is 0 Å². The van der Waals surface area contributed by atoms with Crippen LogP contribution in [0.25, 0.3) is 0 Å². The molecule has 2 aromatic rings. The molecule has 1 aromatic heterocycles. The maximum atomic E-state index is 6.10. The lowest BCUT2D eigenvalue weighted by Crippen LogP contribution is -2.14. The van der Waals surface area contributed by atoms with Crippen LogP contribution in [-0.2, 0) is 6.42 Å². The molecule has 1 atom stereocenters. The van der Waals surface area contributed by atoms with E-state index in [9.17, 15) is 0 Å². The van der Waals surface area contributed by atoms with E-state index < -0.39 is 0 Å². The molecule has 0 saturated heterocycles. The van der Waals surface area contributed by atoms with Crippen molar-refractivity contribution in [1.82, 2.24) is 4.98 Å². The lowest BCUT2D eigenvalue weighted by Gasteiger charge is -2.10. The highest BCUT2D eigenvalue weighted by molar-refractivity contribution is 5.23. The van der Waals surface area contributed by atoms with E-state index in [-0.39, 0.29) is 6.04 Å². The number of aryl methyl sites for hydroxylation is 1. The van der Waals surface area contributed by atoms with Gasteiger partial charge in [-0.2, -0.15) is 0 Å². The predicted octanol–water partition coefficient (Wildman–Crippen LogP) is 2.63. The maximum Gasteiger partial charge on any atom is 0.0574 e. The van der Waals surface area contributed by atoms with Gasteiger partial charge in [-0.3, -0.25) is 4.98 Å². The second-order valence-electron chi connectivity index (χ2n) is 4.05. The van der Waals surface area contributed by atoms with E-state index in [1.807, 2.05) is 18.2 Å². The third-order valence-electron chi connectivity index (χ3n) is 2.64. The van der Waals surface area contributed by atoms with E-state index in [4.69, 9.17) is 5.73 Å². The monoisotopic (exact) mass is 212 g/mol. The van der Waals surface area contributed by atoms with Gasteiger partial charge in [-0.1, -0.05) is 35.9 Å². The Bertz CT molecular complexity index is 434. The molecule has 0 unspecified atom stereocenters. The molecule has 0 fully saturated rings. The lowest BCUT2D eigenvalue weighted by atomic mass is 10.0. The van der Waals surface area contributed by atoms with E-state index >= 15 is 0 Å². The molecule has 0 aliphatic rings. The second-order valence-corrected chi connectivity index (χ2v) is 4.05. The first-order valence-electron chi connectivity index (χ1n) is 5.48. The Morgan fingerprint density at radius 2 is 1.88 bits per heavy atom. The first-order valence-corrected chi connectivity index (χ1v) is 5.48. The van der Waals surface area contributed by atoms with Crippen molar-refractivity contribution in [3.05, 3.63) is 65.5 Å². The van der Waals surface area contributed by atoms with Crippen molar-refractivity contribution < 1.29 is 0 Å². The molecule has 0 radical (unpaired) electrons. The molecular weight excluding hydrogens is 196 g/mol. The van der Waals surface area contributed by atoms with Crippen molar-refractivity contribution in [2.24, 2.45) is 5.73 Å². The van der Waals surface area contributed by atoms with Gasteiger partial charge in [0, 0.05) is 6.20 Å². The van der Waals surface area contributed by atoms with E-state index in [0.29, 0.717) is 0 Å². The fourth-order valence-corrected chi connectivity index (χ4v) is 1.68. The summed E-state index contributed by atoms with van der Waals surface area (Å²) < 4.78 is 0. The van der Waals surface area contributed by atoms with Crippen LogP contribution in [0, 0.1) is 6.92 Å². The Kier molecular flexibility index (Phi) is 3.32. The van der Waals surface area contributed by atoms with Crippen LogP contribution >= 0.6 is 0 Å². The van der Waals surface area contributed by atoms with Crippen LogP contribution < -0.4 is 5.73 Å². The smallest absolute Gasteiger partial charge is 0.0574 e. The Balaban J connectivity index is 2.08. The molecule has 2 heteroatoms. The number of pyridine rings is 1. The van der Waals surface area contributed by atoms with Gasteiger partial charge in [0.25, 0.3) is 0 Å². The predicted molar refractivity (Wildman–Crippen MR) is 66.0 cm³/mol. The Hall–Kier alpha value is -1.67. The molecular formula is C14H16N2. The average Bonchev–Trinajstić information content (AvgIpc) is 2.33. The van der Waals surface area contributed by atoms with Crippen LogP contribution in [0.3, 0.4) is 0 Å². The molecule has 1 heterocycles. The standard InChI is InChI=1S/C14H16N2/c1-11-5-7-12(8-6-11)10-13(15)14-4-2-3-9-16-14/h2-9,13H,10,15H2,1H3/t13-/m1/s1. The first-order chi connectivity index (χ1) is 7.75. The van der Waals surface area contributed by atoms with Crippen molar-refractivity contribution in [2.45, 2.75) is 19.4 Å². The van der Waals surface area contributed by atoms with Gasteiger partial charge in [0.2, 0.25) is 0 Å². The van der Waals surface area contributed by atoms with Gasteiger partial charge < -0.3 is 5.73 Å². The fraction of sp³-hybridized carbons (Fsp3) is 0.214. The lowest BCUT2D eigenvalue weighted by molar-refractivity contribution is 0.696. The normalized spacial score (nSPS) is 12.4. The minimum Gasteiger partial charge on any atom is -0.322 e. The quantitative estimate of drug-likeness (QED) is 0.849. The zero-order chi connectivity index (χ0) is 11.4. The summed E-state index contributed by atoms with van der Waals surface area (Å²) in [4.78, 5) is 4.27. The van der Waals surface area contributed by atoms with Crippen LogP contribution in [-0.4, -0.2) is 4.98 Å². The van der Waals surface area contributed by atoms with Crippen molar-refractivity contribution in [3.8, 4) is 0 Å². The third-order valence-corrected chi connectivity index (χ3v) is 2.64. The summed E-state index contributed by atoms with van der Waals surface area (Å²) in [6, 6.07) is 14.3. The second kappa shape index (κ2) is 4.90. The van der Waals surface area contributed by atoms with E-state index in [1.165, 1.54) is 11.1 Å². The molecule has 2 rings (SSSR count). The number of hydrogen-bond acceptors (Lipinski definition) is 2. The highest BCUT2D eigenvalue weighted by Crippen LogP contribution is 2.14. The van der Waals surface area contributed by atoms with Gasteiger partial charge in [-0.25, -0.2) is 0 Å². The maximum absolute atomic E-state index is 6.10. The largest absolute Gasteiger partial charge is 0.322 e. The van der Waals surface area contributed by atoms with E-state index in [0.717, 1.165) is 12.1 Å². The SMILES string of the molecule is Cc1ccc(C[C@@H](N)c2ccccn2)cc1. The molecule has 0 spiro atoms. The van der Waals surface area contributed by atoms with E-state index in [2.05, 4.69) is 36.2 Å². The van der Waals surface area contributed by atoms with Crippen molar-refractivity contribution in [2.75, 3.05) is 0 Å². The molecule has 82 valence electrons. The third kappa shape index (κ3) is 2.67. The van der Waals surface area contributed by atoms with E-state index in [1.54, 1.807) is 6.20 Å². The summed E-state index contributed by atoms with van der Waals surface area (Å²) in [5.41, 5.74) is 9.58. The molecule has 0 aliphatic carbocycles. The molecule has 0 amide bonds. The van der Waals surface area contributed by atoms with Crippen LogP contribution in [0.2, 0.25) is 0 Å². The summed E-state index contributed by atoms with van der Waals surface area (Å²) in [6.45, 7) is 2.09. The molecule has 2 N–H and O–H groups in total. The number of rotatable bonds is 3.